The Kier molecular flexibility index (Phi) is 3.40. The number of benzene rings is 1. The minimum Gasteiger partial charge on any atom is -0.339 e. The molecular formula is C14H17NO. The molecule has 1 amide bonds. The minimum absolute atomic E-state index is 0.182. The van der Waals surface area contributed by atoms with Crippen LogP contribution in [0.1, 0.15) is 25.3 Å². The molecule has 1 heterocycles. The summed E-state index contributed by atoms with van der Waals surface area (Å²) < 4.78 is 0. The van der Waals surface area contributed by atoms with Gasteiger partial charge in [-0.2, -0.15) is 0 Å². The van der Waals surface area contributed by atoms with E-state index in [2.05, 4.69) is 0 Å². The van der Waals surface area contributed by atoms with Crippen LogP contribution in [0, 0.1) is 0 Å². The Morgan fingerprint density at radius 1 is 1.19 bits per heavy atom. The molecule has 0 atom stereocenters. The standard InChI is InChI=1S/C14H17NO/c1-12(11-13-7-3-2-4-8-13)14(16)15-9-5-6-10-15/h2-4,7-8,11H,5-6,9-10H2,1H3/b12-11+. The van der Waals surface area contributed by atoms with Crippen molar-refractivity contribution in [2.75, 3.05) is 13.1 Å². The van der Waals surface area contributed by atoms with Gasteiger partial charge in [0.25, 0.3) is 0 Å². The number of rotatable bonds is 2. The third-order valence-corrected chi connectivity index (χ3v) is 2.91. The smallest absolute Gasteiger partial charge is 0.249 e. The molecule has 0 bridgehead atoms. The van der Waals surface area contributed by atoms with Crippen LogP contribution in [0.5, 0.6) is 0 Å². The second-order valence-electron chi connectivity index (χ2n) is 4.24. The first-order chi connectivity index (χ1) is 7.77. The SMILES string of the molecule is C/C(=C\c1ccccc1)C(=O)N1CCCC1. The average molecular weight is 215 g/mol. The van der Waals surface area contributed by atoms with Crippen molar-refractivity contribution in [1.82, 2.24) is 4.90 Å². The third-order valence-electron chi connectivity index (χ3n) is 2.91. The highest BCUT2D eigenvalue weighted by Gasteiger charge is 2.18. The topological polar surface area (TPSA) is 20.3 Å². The summed E-state index contributed by atoms with van der Waals surface area (Å²) in [4.78, 5) is 13.9. The van der Waals surface area contributed by atoms with Crippen LogP contribution in [-0.4, -0.2) is 23.9 Å². The zero-order chi connectivity index (χ0) is 11.4. The second kappa shape index (κ2) is 4.97. The fourth-order valence-corrected chi connectivity index (χ4v) is 2.03. The van der Waals surface area contributed by atoms with E-state index in [1.54, 1.807) is 0 Å². The molecule has 0 unspecified atom stereocenters. The van der Waals surface area contributed by atoms with E-state index in [1.165, 1.54) is 0 Å². The molecule has 0 spiro atoms. The number of hydrogen-bond donors (Lipinski definition) is 0. The van der Waals surface area contributed by atoms with Gasteiger partial charge in [0.15, 0.2) is 0 Å². The average Bonchev–Trinajstić information content (AvgIpc) is 2.83. The van der Waals surface area contributed by atoms with Crippen LogP contribution >= 0.6 is 0 Å². The van der Waals surface area contributed by atoms with E-state index in [1.807, 2.05) is 48.2 Å². The fraction of sp³-hybridized carbons (Fsp3) is 0.357. The van der Waals surface area contributed by atoms with Crippen molar-refractivity contribution in [1.29, 1.82) is 0 Å². The lowest BCUT2D eigenvalue weighted by molar-refractivity contribution is -0.125. The van der Waals surface area contributed by atoms with Gasteiger partial charge in [0, 0.05) is 18.7 Å². The van der Waals surface area contributed by atoms with Crippen molar-refractivity contribution in [3.05, 3.63) is 41.5 Å². The highest BCUT2D eigenvalue weighted by molar-refractivity contribution is 5.97. The van der Waals surface area contributed by atoms with Crippen LogP contribution in [0.4, 0.5) is 0 Å². The number of hydrogen-bond acceptors (Lipinski definition) is 1. The molecule has 16 heavy (non-hydrogen) atoms. The van der Waals surface area contributed by atoms with Crippen molar-refractivity contribution in [3.8, 4) is 0 Å². The Hall–Kier alpha value is -1.57. The molecule has 1 aromatic carbocycles. The van der Waals surface area contributed by atoms with Crippen molar-refractivity contribution in [3.63, 3.8) is 0 Å². The summed E-state index contributed by atoms with van der Waals surface area (Å²) in [6, 6.07) is 9.98. The van der Waals surface area contributed by atoms with Gasteiger partial charge in [0.05, 0.1) is 0 Å². The largest absolute Gasteiger partial charge is 0.339 e. The number of likely N-dealkylation sites (tertiary alicyclic amines) is 1. The van der Waals surface area contributed by atoms with Gasteiger partial charge < -0.3 is 4.90 Å². The van der Waals surface area contributed by atoms with E-state index in [0.29, 0.717) is 0 Å². The summed E-state index contributed by atoms with van der Waals surface area (Å²) in [7, 11) is 0. The first-order valence-electron chi connectivity index (χ1n) is 5.80. The molecule has 0 aromatic heterocycles. The predicted octanol–water partition coefficient (Wildman–Crippen LogP) is 2.71. The molecule has 1 fully saturated rings. The van der Waals surface area contributed by atoms with E-state index in [-0.39, 0.29) is 5.91 Å². The molecule has 1 aliphatic rings. The van der Waals surface area contributed by atoms with Gasteiger partial charge in [-0.1, -0.05) is 30.3 Å². The molecule has 0 saturated carbocycles. The van der Waals surface area contributed by atoms with Crippen LogP contribution in [0.25, 0.3) is 6.08 Å². The number of carbonyl (C=O) groups excluding carboxylic acids is 1. The van der Waals surface area contributed by atoms with Crippen molar-refractivity contribution < 1.29 is 4.79 Å². The highest BCUT2D eigenvalue weighted by Crippen LogP contribution is 2.13. The number of nitrogens with zero attached hydrogens (tertiary/aromatic N) is 1. The lowest BCUT2D eigenvalue weighted by Gasteiger charge is -2.15. The van der Waals surface area contributed by atoms with Crippen molar-refractivity contribution in [2.45, 2.75) is 19.8 Å². The normalized spacial score (nSPS) is 16.6. The second-order valence-corrected chi connectivity index (χ2v) is 4.24. The van der Waals surface area contributed by atoms with Crippen LogP contribution in [0.3, 0.4) is 0 Å². The Labute approximate surface area is 96.6 Å². The van der Waals surface area contributed by atoms with Gasteiger partial charge in [-0.25, -0.2) is 0 Å². The van der Waals surface area contributed by atoms with E-state index in [4.69, 9.17) is 0 Å². The molecule has 0 N–H and O–H groups in total. The highest BCUT2D eigenvalue weighted by atomic mass is 16.2. The van der Waals surface area contributed by atoms with Crippen LogP contribution in [0.15, 0.2) is 35.9 Å². The third kappa shape index (κ3) is 2.51. The maximum Gasteiger partial charge on any atom is 0.249 e. The van der Waals surface area contributed by atoms with E-state index >= 15 is 0 Å². The Morgan fingerprint density at radius 3 is 2.44 bits per heavy atom. The lowest BCUT2D eigenvalue weighted by Crippen LogP contribution is -2.28. The molecule has 1 aromatic rings. The summed E-state index contributed by atoms with van der Waals surface area (Å²) in [5.41, 5.74) is 1.92. The summed E-state index contributed by atoms with van der Waals surface area (Å²) in [5.74, 6) is 0.182. The van der Waals surface area contributed by atoms with Gasteiger partial charge in [0.1, 0.15) is 0 Å². The summed E-state index contributed by atoms with van der Waals surface area (Å²) in [5, 5.41) is 0. The van der Waals surface area contributed by atoms with Gasteiger partial charge in [-0.3, -0.25) is 4.79 Å². The maximum absolute atomic E-state index is 12.0. The molecule has 0 radical (unpaired) electrons. The zero-order valence-electron chi connectivity index (χ0n) is 9.65. The van der Waals surface area contributed by atoms with Crippen molar-refractivity contribution in [2.24, 2.45) is 0 Å². The minimum atomic E-state index is 0.182. The molecule has 2 rings (SSSR count). The monoisotopic (exact) mass is 215 g/mol. The van der Waals surface area contributed by atoms with Gasteiger partial charge in [-0.05, 0) is 31.4 Å². The van der Waals surface area contributed by atoms with E-state index in [9.17, 15) is 4.79 Å². The summed E-state index contributed by atoms with van der Waals surface area (Å²) in [6.45, 7) is 3.73. The lowest BCUT2D eigenvalue weighted by atomic mass is 10.1. The van der Waals surface area contributed by atoms with E-state index in [0.717, 1.165) is 37.1 Å². The van der Waals surface area contributed by atoms with Crippen LogP contribution in [0.2, 0.25) is 0 Å². The fourth-order valence-electron chi connectivity index (χ4n) is 2.03. The Morgan fingerprint density at radius 2 is 1.81 bits per heavy atom. The molecule has 0 aliphatic carbocycles. The molecular weight excluding hydrogens is 198 g/mol. The van der Waals surface area contributed by atoms with Crippen LogP contribution in [-0.2, 0) is 4.79 Å². The number of amides is 1. The summed E-state index contributed by atoms with van der Waals surface area (Å²) in [6.07, 6.45) is 4.25. The van der Waals surface area contributed by atoms with Gasteiger partial charge in [0.2, 0.25) is 5.91 Å². The first-order valence-corrected chi connectivity index (χ1v) is 5.80. The van der Waals surface area contributed by atoms with E-state index < -0.39 is 0 Å². The maximum atomic E-state index is 12.0. The van der Waals surface area contributed by atoms with Crippen LogP contribution < -0.4 is 0 Å². The molecule has 84 valence electrons. The summed E-state index contributed by atoms with van der Waals surface area (Å²) >= 11 is 0. The molecule has 2 nitrogen and oxygen atoms in total. The number of carbonyl (C=O) groups is 1. The quantitative estimate of drug-likeness (QED) is 0.695. The van der Waals surface area contributed by atoms with Crippen molar-refractivity contribution >= 4 is 12.0 Å². The predicted molar refractivity (Wildman–Crippen MR) is 65.9 cm³/mol. The first kappa shape index (κ1) is 10.9. The van der Waals surface area contributed by atoms with Gasteiger partial charge >= 0.3 is 0 Å². The molecule has 2 heteroatoms. The molecule has 1 saturated heterocycles. The zero-order valence-corrected chi connectivity index (χ0v) is 9.65. The Bertz CT molecular complexity index is 388. The molecule has 1 aliphatic heterocycles. The van der Waals surface area contributed by atoms with Gasteiger partial charge in [-0.15, -0.1) is 0 Å². The Balaban J connectivity index is 2.09.